The third-order valence-electron chi connectivity index (χ3n) is 6.75. The number of nitriles is 1. The van der Waals surface area contributed by atoms with E-state index < -0.39 is 6.04 Å². The van der Waals surface area contributed by atoms with Crippen LogP contribution < -0.4 is 10.2 Å². The lowest BCUT2D eigenvalue weighted by Gasteiger charge is -2.50. The second-order valence-corrected chi connectivity index (χ2v) is 10.0. The fraction of sp³-hybridized carbons (Fsp3) is 0.478. The fourth-order valence-corrected chi connectivity index (χ4v) is 5.83. The molecule has 1 N–H and O–H groups in total. The third-order valence-corrected chi connectivity index (χ3v) is 7.77. The predicted octanol–water partition coefficient (Wildman–Crippen LogP) is 2.63. The van der Waals surface area contributed by atoms with E-state index in [2.05, 4.69) is 34.3 Å². The van der Waals surface area contributed by atoms with Crippen LogP contribution in [0.5, 0.6) is 0 Å². The van der Waals surface area contributed by atoms with Gasteiger partial charge in [-0.3, -0.25) is 14.6 Å². The fourth-order valence-electron chi connectivity index (χ4n) is 4.72. The largest absolute Gasteiger partial charge is 0.370 e. The molecule has 1 saturated carbocycles. The molecule has 160 valence electrons. The number of thioether (sulfide) groups is 1. The normalized spacial score (nSPS) is 22.1. The molecule has 3 aliphatic rings. The van der Waals surface area contributed by atoms with Gasteiger partial charge in [0, 0.05) is 41.5 Å². The lowest BCUT2D eigenvalue weighted by molar-refractivity contribution is -0.129. The van der Waals surface area contributed by atoms with Gasteiger partial charge in [0.1, 0.15) is 6.04 Å². The van der Waals surface area contributed by atoms with Crippen molar-refractivity contribution in [2.24, 2.45) is 11.3 Å². The van der Waals surface area contributed by atoms with Crippen molar-refractivity contribution >= 4 is 40.2 Å². The van der Waals surface area contributed by atoms with Gasteiger partial charge in [0.15, 0.2) is 0 Å². The minimum atomic E-state index is -0.420. The van der Waals surface area contributed by atoms with E-state index >= 15 is 0 Å². The maximum atomic E-state index is 12.9. The Morgan fingerprint density at radius 1 is 1.32 bits per heavy atom. The molecule has 2 aromatic rings. The number of amides is 2. The van der Waals surface area contributed by atoms with E-state index in [0.717, 1.165) is 35.6 Å². The van der Waals surface area contributed by atoms with Gasteiger partial charge in [-0.1, -0.05) is 6.92 Å². The highest BCUT2D eigenvalue weighted by Crippen LogP contribution is 2.51. The molecule has 0 bridgehead atoms. The number of nitrogens with one attached hydrogen (secondary N) is 1. The number of hydrogen-bond acceptors (Lipinski definition) is 6. The summed E-state index contributed by atoms with van der Waals surface area (Å²) in [5.74, 6) is 1.43. The molecule has 2 saturated heterocycles. The van der Waals surface area contributed by atoms with Crippen molar-refractivity contribution in [2.75, 3.05) is 36.2 Å². The highest BCUT2D eigenvalue weighted by atomic mass is 32.2. The van der Waals surface area contributed by atoms with Crippen molar-refractivity contribution in [3.05, 3.63) is 36.0 Å². The average Bonchev–Trinajstić information content (AvgIpc) is 3.51. The first kappa shape index (κ1) is 20.1. The van der Waals surface area contributed by atoms with Crippen LogP contribution in [0.3, 0.4) is 0 Å². The molecule has 2 amide bonds. The molecule has 1 aromatic heterocycles. The Kier molecular flexibility index (Phi) is 5.01. The summed E-state index contributed by atoms with van der Waals surface area (Å²) >= 11 is 1.55. The van der Waals surface area contributed by atoms with Crippen LogP contribution in [0.1, 0.15) is 30.1 Å². The zero-order valence-electron chi connectivity index (χ0n) is 17.5. The lowest BCUT2D eigenvalue weighted by Crippen LogP contribution is -2.56. The van der Waals surface area contributed by atoms with Crippen LogP contribution in [-0.4, -0.2) is 59.0 Å². The smallest absolute Gasteiger partial charge is 0.252 e. The Morgan fingerprint density at radius 3 is 2.87 bits per heavy atom. The third kappa shape index (κ3) is 3.72. The summed E-state index contributed by atoms with van der Waals surface area (Å²) in [6.45, 7) is 4.35. The van der Waals surface area contributed by atoms with E-state index in [1.807, 2.05) is 12.1 Å². The Bertz CT molecular complexity index is 1090. The van der Waals surface area contributed by atoms with Gasteiger partial charge in [-0.2, -0.15) is 5.26 Å². The molecule has 8 heteroatoms. The van der Waals surface area contributed by atoms with Crippen LogP contribution in [0.2, 0.25) is 0 Å². The first-order chi connectivity index (χ1) is 15.0. The molecule has 5 rings (SSSR count). The summed E-state index contributed by atoms with van der Waals surface area (Å²) in [7, 11) is 0. The first-order valence-corrected chi connectivity index (χ1v) is 11.8. The Morgan fingerprint density at radius 2 is 2.13 bits per heavy atom. The van der Waals surface area contributed by atoms with E-state index in [1.165, 1.54) is 17.7 Å². The van der Waals surface area contributed by atoms with Gasteiger partial charge in [0.05, 0.1) is 29.6 Å². The van der Waals surface area contributed by atoms with Crippen molar-refractivity contribution in [1.29, 1.82) is 5.26 Å². The molecule has 0 radical (unpaired) electrons. The first-order valence-electron chi connectivity index (χ1n) is 10.7. The van der Waals surface area contributed by atoms with Gasteiger partial charge >= 0.3 is 0 Å². The van der Waals surface area contributed by atoms with Gasteiger partial charge in [-0.25, -0.2) is 0 Å². The van der Waals surface area contributed by atoms with E-state index in [0.29, 0.717) is 22.6 Å². The SMILES string of the molecule is CC1(C2CC2)CN(c2ccc3nccc(C(=O)NCC(=O)N4CSCC4C#N)c3c2)C1. The molecule has 0 spiro atoms. The zero-order valence-corrected chi connectivity index (χ0v) is 18.3. The van der Waals surface area contributed by atoms with Crippen molar-refractivity contribution in [1.82, 2.24) is 15.2 Å². The number of rotatable bonds is 5. The molecule has 7 nitrogen and oxygen atoms in total. The predicted molar refractivity (Wildman–Crippen MR) is 121 cm³/mol. The van der Waals surface area contributed by atoms with Crippen molar-refractivity contribution in [2.45, 2.75) is 25.8 Å². The molecule has 3 fully saturated rings. The standard InChI is InChI=1S/C23H25N5O2S/c1-23(15-2-3-15)12-27(13-23)16-4-5-20-19(8-16)18(6-7-25-20)22(30)26-10-21(29)28-14-31-11-17(28)9-24/h4-8,15,17H,2-3,10-14H2,1H3,(H,26,30). The number of aromatic nitrogens is 1. The highest BCUT2D eigenvalue weighted by molar-refractivity contribution is 7.99. The van der Waals surface area contributed by atoms with Crippen LogP contribution in [0.25, 0.3) is 10.9 Å². The van der Waals surface area contributed by atoms with Crippen molar-refractivity contribution in [3.63, 3.8) is 0 Å². The highest BCUT2D eigenvalue weighted by Gasteiger charge is 2.49. The molecule has 2 aliphatic heterocycles. The number of carbonyl (C=O) groups is 2. The molecular formula is C23H25N5O2S. The van der Waals surface area contributed by atoms with Crippen LogP contribution in [0, 0.1) is 22.7 Å². The van der Waals surface area contributed by atoms with Crippen LogP contribution in [0.4, 0.5) is 5.69 Å². The van der Waals surface area contributed by atoms with Gasteiger partial charge in [-0.05, 0) is 43.0 Å². The number of fused-ring (bicyclic) bond motifs is 1. The number of nitrogens with zero attached hydrogens (tertiary/aromatic N) is 4. The maximum absolute atomic E-state index is 12.9. The molecular weight excluding hydrogens is 410 g/mol. The molecule has 1 atom stereocenters. The molecule has 31 heavy (non-hydrogen) atoms. The summed E-state index contributed by atoms with van der Waals surface area (Å²) in [5, 5.41) is 12.7. The summed E-state index contributed by atoms with van der Waals surface area (Å²) < 4.78 is 0. The van der Waals surface area contributed by atoms with Crippen molar-refractivity contribution < 1.29 is 9.59 Å². The van der Waals surface area contributed by atoms with Crippen LogP contribution in [-0.2, 0) is 4.79 Å². The molecule has 1 aliphatic carbocycles. The minimum absolute atomic E-state index is 0.118. The van der Waals surface area contributed by atoms with Crippen LogP contribution in [0.15, 0.2) is 30.5 Å². The summed E-state index contributed by atoms with van der Waals surface area (Å²) in [6, 6.07) is 9.48. The second-order valence-electron chi connectivity index (χ2n) is 9.04. The molecule has 3 heterocycles. The summed E-state index contributed by atoms with van der Waals surface area (Å²) in [4.78, 5) is 33.6. The van der Waals surface area contributed by atoms with E-state index in [-0.39, 0.29) is 18.4 Å². The monoisotopic (exact) mass is 435 g/mol. The molecule has 1 aromatic carbocycles. The van der Waals surface area contributed by atoms with E-state index in [4.69, 9.17) is 5.26 Å². The van der Waals surface area contributed by atoms with Gasteiger partial charge in [0.2, 0.25) is 5.91 Å². The lowest BCUT2D eigenvalue weighted by atomic mass is 9.77. The van der Waals surface area contributed by atoms with Gasteiger partial charge in [0.25, 0.3) is 5.91 Å². The summed E-state index contributed by atoms with van der Waals surface area (Å²) in [6.07, 6.45) is 4.32. The second kappa shape index (κ2) is 7.72. The maximum Gasteiger partial charge on any atom is 0.252 e. The van der Waals surface area contributed by atoms with E-state index in [9.17, 15) is 9.59 Å². The Hall–Kier alpha value is -2.79. The molecule has 1 unspecified atom stereocenters. The Labute approximate surface area is 185 Å². The average molecular weight is 436 g/mol. The van der Waals surface area contributed by atoms with Crippen molar-refractivity contribution in [3.8, 4) is 6.07 Å². The summed E-state index contributed by atoms with van der Waals surface area (Å²) in [5.41, 5.74) is 2.79. The zero-order chi connectivity index (χ0) is 21.6. The number of anilines is 1. The Balaban J connectivity index is 1.30. The number of pyridine rings is 1. The number of benzene rings is 1. The van der Waals surface area contributed by atoms with Gasteiger partial charge < -0.3 is 15.1 Å². The topological polar surface area (TPSA) is 89.3 Å². The number of carbonyl (C=O) groups excluding carboxylic acids is 2. The number of hydrogen-bond donors (Lipinski definition) is 1. The van der Waals surface area contributed by atoms with Gasteiger partial charge in [-0.15, -0.1) is 11.8 Å². The van der Waals surface area contributed by atoms with E-state index in [1.54, 1.807) is 24.0 Å². The van der Waals surface area contributed by atoms with Crippen LogP contribution >= 0.6 is 11.8 Å². The quantitative estimate of drug-likeness (QED) is 0.777. The minimum Gasteiger partial charge on any atom is -0.370 e.